The first kappa shape index (κ1) is 29.0. The Morgan fingerprint density at radius 3 is 1.67 bits per heavy atom. The molecule has 0 bridgehead atoms. The van der Waals surface area contributed by atoms with Crippen molar-refractivity contribution in [3.8, 4) is 33.4 Å². The molecule has 1 heterocycles. The van der Waals surface area contributed by atoms with Crippen LogP contribution in [0, 0.1) is 0 Å². The summed E-state index contributed by atoms with van der Waals surface area (Å²) in [5.74, 6) is 0.128. The molecule has 0 spiro atoms. The van der Waals surface area contributed by atoms with Crippen LogP contribution in [-0.4, -0.2) is 0 Å². The minimum atomic E-state index is 0.128. The van der Waals surface area contributed by atoms with Gasteiger partial charge in [-0.2, -0.15) is 0 Å². The molecule has 8 aromatic carbocycles. The van der Waals surface area contributed by atoms with E-state index in [0.29, 0.717) is 0 Å². The summed E-state index contributed by atoms with van der Waals surface area (Å²) in [6.45, 7) is 0. The third-order valence-corrected chi connectivity index (χ3v) is 9.91. The molecular formula is C48H34O. The topological polar surface area (TPSA) is 13.1 Å². The summed E-state index contributed by atoms with van der Waals surface area (Å²) in [5, 5.41) is 4.78. The molecule has 0 saturated carbocycles. The van der Waals surface area contributed by atoms with Crippen molar-refractivity contribution in [1.82, 2.24) is 0 Å². The van der Waals surface area contributed by atoms with Gasteiger partial charge in [-0.1, -0.05) is 170 Å². The van der Waals surface area contributed by atoms with Crippen LogP contribution in [0.4, 0.5) is 0 Å². The lowest BCUT2D eigenvalue weighted by molar-refractivity contribution is 0.669. The highest BCUT2D eigenvalue weighted by atomic mass is 16.3. The van der Waals surface area contributed by atoms with Crippen molar-refractivity contribution in [2.24, 2.45) is 0 Å². The molecule has 0 fully saturated rings. The number of benzene rings is 8. The van der Waals surface area contributed by atoms with Crippen molar-refractivity contribution in [1.29, 1.82) is 0 Å². The van der Waals surface area contributed by atoms with E-state index >= 15 is 0 Å². The molecule has 0 radical (unpaired) electrons. The van der Waals surface area contributed by atoms with Crippen molar-refractivity contribution in [2.45, 2.75) is 12.3 Å². The Morgan fingerprint density at radius 1 is 0.388 bits per heavy atom. The standard InChI is InChI=1S/C48H34O/c1-4-14-34(15-5-1)35-26-24-33(25-27-35)30-43(40-21-11-10-20-39(40)36-16-6-2-7-17-36)38-28-29-46-45(31-38)48-42-23-13-12-22-41(42)44(32-47(48)49-46)37-18-8-3-9-19-37/h1-29,31-32,43H,30H2. The first-order valence-corrected chi connectivity index (χ1v) is 17.0. The second kappa shape index (κ2) is 12.4. The van der Waals surface area contributed by atoms with Crippen LogP contribution in [0.5, 0.6) is 0 Å². The van der Waals surface area contributed by atoms with Gasteiger partial charge in [-0.3, -0.25) is 0 Å². The lowest BCUT2D eigenvalue weighted by Crippen LogP contribution is -2.07. The van der Waals surface area contributed by atoms with Crippen LogP contribution in [0.25, 0.3) is 66.1 Å². The molecule has 0 aliphatic carbocycles. The molecule has 1 unspecified atom stereocenters. The van der Waals surface area contributed by atoms with Gasteiger partial charge >= 0.3 is 0 Å². The van der Waals surface area contributed by atoms with Gasteiger partial charge in [0.25, 0.3) is 0 Å². The van der Waals surface area contributed by atoms with Gasteiger partial charge in [-0.25, -0.2) is 0 Å². The molecule has 1 atom stereocenters. The first-order chi connectivity index (χ1) is 24.3. The maximum atomic E-state index is 6.63. The predicted octanol–water partition coefficient (Wildman–Crippen LogP) is 13.1. The summed E-state index contributed by atoms with van der Waals surface area (Å²) in [4.78, 5) is 0. The molecule has 9 aromatic rings. The van der Waals surface area contributed by atoms with Crippen LogP contribution in [0.1, 0.15) is 22.6 Å². The molecule has 1 nitrogen and oxygen atoms in total. The van der Waals surface area contributed by atoms with E-state index in [1.54, 1.807) is 0 Å². The fourth-order valence-electron chi connectivity index (χ4n) is 7.52. The van der Waals surface area contributed by atoms with Gasteiger partial charge in [0.15, 0.2) is 0 Å². The van der Waals surface area contributed by atoms with Gasteiger partial charge in [-0.05, 0) is 85.5 Å². The van der Waals surface area contributed by atoms with Crippen LogP contribution in [0.15, 0.2) is 192 Å². The van der Waals surface area contributed by atoms with E-state index in [2.05, 4.69) is 188 Å². The summed E-state index contributed by atoms with van der Waals surface area (Å²) in [5.41, 5.74) is 13.1. The average Bonchev–Trinajstić information content (AvgIpc) is 3.56. The second-order valence-electron chi connectivity index (χ2n) is 12.8. The fraction of sp³-hybridized carbons (Fsp3) is 0.0417. The van der Waals surface area contributed by atoms with Crippen molar-refractivity contribution in [2.75, 3.05) is 0 Å². The lowest BCUT2D eigenvalue weighted by Gasteiger charge is -2.22. The van der Waals surface area contributed by atoms with E-state index in [1.165, 1.54) is 66.2 Å². The smallest absolute Gasteiger partial charge is 0.136 e. The van der Waals surface area contributed by atoms with Crippen LogP contribution in [-0.2, 0) is 6.42 Å². The van der Waals surface area contributed by atoms with E-state index in [0.717, 1.165) is 23.0 Å². The van der Waals surface area contributed by atoms with Crippen LogP contribution >= 0.6 is 0 Å². The zero-order chi connectivity index (χ0) is 32.6. The van der Waals surface area contributed by atoms with Gasteiger partial charge in [-0.15, -0.1) is 0 Å². The number of rotatable bonds is 7. The maximum absolute atomic E-state index is 6.63. The van der Waals surface area contributed by atoms with Crippen molar-refractivity contribution in [3.05, 3.63) is 205 Å². The maximum Gasteiger partial charge on any atom is 0.136 e. The van der Waals surface area contributed by atoms with E-state index in [4.69, 9.17) is 4.42 Å². The minimum Gasteiger partial charge on any atom is -0.456 e. The molecular weight excluding hydrogens is 593 g/mol. The molecule has 0 aliphatic rings. The first-order valence-electron chi connectivity index (χ1n) is 17.0. The Labute approximate surface area is 286 Å². The summed E-state index contributed by atoms with van der Waals surface area (Å²) in [6, 6.07) is 67.8. The van der Waals surface area contributed by atoms with Gasteiger partial charge in [0, 0.05) is 16.7 Å². The minimum absolute atomic E-state index is 0.128. The molecule has 0 N–H and O–H groups in total. The summed E-state index contributed by atoms with van der Waals surface area (Å²) in [6.07, 6.45) is 0.874. The summed E-state index contributed by atoms with van der Waals surface area (Å²) >= 11 is 0. The molecule has 9 rings (SSSR count). The lowest BCUT2D eigenvalue weighted by atomic mass is 9.81. The van der Waals surface area contributed by atoms with E-state index in [9.17, 15) is 0 Å². The Bertz CT molecular complexity index is 2540. The van der Waals surface area contributed by atoms with E-state index < -0.39 is 0 Å². The zero-order valence-electron chi connectivity index (χ0n) is 27.1. The molecule has 49 heavy (non-hydrogen) atoms. The van der Waals surface area contributed by atoms with Crippen LogP contribution in [0.3, 0.4) is 0 Å². The summed E-state index contributed by atoms with van der Waals surface area (Å²) in [7, 11) is 0. The number of hydrogen-bond donors (Lipinski definition) is 0. The average molecular weight is 627 g/mol. The molecule has 0 aliphatic heterocycles. The van der Waals surface area contributed by atoms with Crippen LogP contribution in [0.2, 0.25) is 0 Å². The van der Waals surface area contributed by atoms with Gasteiger partial charge in [0.05, 0.1) is 0 Å². The third kappa shape index (κ3) is 5.40. The zero-order valence-corrected chi connectivity index (χ0v) is 27.1. The van der Waals surface area contributed by atoms with Gasteiger partial charge in [0.1, 0.15) is 11.2 Å². The molecule has 1 aromatic heterocycles. The molecule has 1 heteroatoms. The summed E-state index contributed by atoms with van der Waals surface area (Å²) < 4.78 is 6.63. The fourth-order valence-corrected chi connectivity index (χ4v) is 7.52. The van der Waals surface area contributed by atoms with Crippen molar-refractivity contribution in [3.63, 3.8) is 0 Å². The highest BCUT2D eigenvalue weighted by molar-refractivity contribution is 6.22. The Kier molecular flexibility index (Phi) is 7.37. The molecule has 232 valence electrons. The largest absolute Gasteiger partial charge is 0.456 e. The highest BCUT2D eigenvalue weighted by Gasteiger charge is 2.22. The third-order valence-electron chi connectivity index (χ3n) is 9.91. The molecule has 0 amide bonds. The molecule has 0 saturated heterocycles. The Morgan fingerprint density at radius 2 is 0.959 bits per heavy atom. The monoisotopic (exact) mass is 626 g/mol. The van der Waals surface area contributed by atoms with Crippen molar-refractivity contribution >= 4 is 32.7 Å². The number of fused-ring (bicyclic) bond motifs is 5. The Balaban J connectivity index is 1.22. The normalized spacial score (nSPS) is 12.1. The van der Waals surface area contributed by atoms with Gasteiger partial charge in [0.2, 0.25) is 0 Å². The quantitative estimate of drug-likeness (QED) is 0.172. The Hall–Kier alpha value is -6.18. The second-order valence-corrected chi connectivity index (χ2v) is 12.8. The van der Waals surface area contributed by atoms with E-state index in [-0.39, 0.29) is 5.92 Å². The highest BCUT2D eigenvalue weighted by Crippen LogP contribution is 2.42. The van der Waals surface area contributed by atoms with Crippen LogP contribution < -0.4 is 0 Å². The van der Waals surface area contributed by atoms with E-state index in [1.807, 2.05) is 0 Å². The number of hydrogen-bond acceptors (Lipinski definition) is 1. The predicted molar refractivity (Wildman–Crippen MR) is 206 cm³/mol. The van der Waals surface area contributed by atoms with Gasteiger partial charge < -0.3 is 4.42 Å². The van der Waals surface area contributed by atoms with Crippen molar-refractivity contribution < 1.29 is 4.42 Å². The SMILES string of the molecule is c1ccc(-c2ccc(CC(c3ccc4oc5cc(-c6ccccc6)c6ccccc6c5c4c3)c3ccccc3-c3ccccc3)cc2)cc1. The number of furan rings is 1.